The third-order valence-corrected chi connectivity index (χ3v) is 8.79. The van der Waals surface area contributed by atoms with Crippen LogP contribution in [-0.4, -0.2) is 0 Å². The van der Waals surface area contributed by atoms with Gasteiger partial charge in [-0.1, -0.05) is 30.1 Å². The van der Waals surface area contributed by atoms with Gasteiger partial charge in [-0.3, -0.25) is 0 Å². The van der Waals surface area contributed by atoms with E-state index in [1.807, 2.05) is 49.1 Å². The van der Waals surface area contributed by atoms with Crippen LogP contribution in [0.25, 0.3) is 0 Å². The van der Waals surface area contributed by atoms with E-state index >= 15 is 0 Å². The van der Waals surface area contributed by atoms with Crippen molar-refractivity contribution in [3.05, 3.63) is 107 Å². The second-order valence-electron chi connectivity index (χ2n) is 8.79. The number of hydrogen-bond donors (Lipinski definition) is 2. The van der Waals surface area contributed by atoms with Crippen LogP contribution in [-0.2, 0) is 0 Å². The summed E-state index contributed by atoms with van der Waals surface area (Å²) >= 11 is 19.5. The molecular formula is C28H26Br2Cl2F2N4+2. The highest BCUT2D eigenvalue weighted by Gasteiger charge is 2.30. The molecule has 0 saturated carbocycles. The summed E-state index contributed by atoms with van der Waals surface area (Å²) in [5.74, 6) is -0.546. The number of aromatic nitrogens is 2. The number of benzene rings is 2. The Balaban J connectivity index is 1.36. The zero-order valence-corrected chi connectivity index (χ0v) is 25.1. The fraction of sp³-hybridized carbons (Fsp3) is 0.214. The summed E-state index contributed by atoms with van der Waals surface area (Å²) in [6.07, 6.45) is 9.88. The van der Waals surface area contributed by atoms with Crippen LogP contribution >= 0.6 is 55.1 Å². The molecule has 0 aliphatic rings. The van der Waals surface area contributed by atoms with Gasteiger partial charge in [0.2, 0.25) is 9.90 Å². The van der Waals surface area contributed by atoms with E-state index in [1.54, 1.807) is 24.3 Å². The summed E-state index contributed by atoms with van der Waals surface area (Å²) in [5, 5.41) is 6.64. The SMILES string of the molecule is CCC(CC(Br)[n+]1ccc(Nc2ccc(F)c(Cl)c2)cc1)C(Br)[n+]1ccc(Nc2ccc(F)c(Cl)c2)cc1. The molecule has 2 aromatic heterocycles. The van der Waals surface area contributed by atoms with Crippen molar-refractivity contribution in [2.75, 3.05) is 10.6 Å². The molecule has 0 radical (unpaired) electrons. The molecule has 0 fully saturated rings. The first-order valence-electron chi connectivity index (χ1n) is 12.0. The maximum absolute atomic E-state index is 13.4. The molecule has 0 spiro atoms. The number of rotatable bonds is 10. The van der Waals surface area contributed by atoms with Gasteiger partial charge in [-0.25, -0.2) is 8.78 Å². The van der Waals surface area contributed by atoms with E-state index in [-0.39, 0.29) is 19.9 Å². The molecule has 0 saturated heterocycles. The number of nitrogens with zero attached hydrogens (tertiary/aromatic N) is 2. The van der Waals surface area contributed by atoms with Crippen LogP contribution in [0.1, 0.15) is 29.7 Å². The van der Waals surface area contributed by atoms with E-state index in [1.165, 1.54) is 12.1 Å². The minimum Gasteiger partial charge on any atom is -0.355 e. The van der Waals surface area contributed by atoms with Crippen LogP contribution in [0.3, 0.4) is 0 Å². The van der Waals surface area contributed by atoms with Gasteiger partial charge < -0.3 is 10.6 Å². The van der Waals surface area contributed by atoms with Gasteiger partial charge in [0, 0.05) is 48.0 Å². The number of pyridine rings is 2. The molecule has 0 aliphatic carbocycles. The van der Waals surface area contributed by atoms with Gasteiger partial charge in [-0.15, -0.1) is 0 Å². The molecular weight excluding hydrogens is 661 g/mol. The topological polar surface area (TPSA) is 31.8 Å². The first-order valence-corrected chi connectivity index (χ1v) is 14.6. The standard InChI is InChI=1S/C28H24Br2Cl2F2N4/c1-2-18(28(30)38-13-9-20(10-14-38)36-22-4-6-26(34)24(32)17-22)15-27(29)37-11-7-19(8-12-37)35-21-3-5-25(33)23(31)16-21/h3-14,16-18,27-28H,2,15H2,1H3/p+2. The molecule has 4 rings (SSSR count). The molecule has 0 bridgehead atoms. The van der Waals surface area contributed by atoms with Gasteiger partial charge in [0.25, 0.3) is 0 Å². The minimum absolute atomic E-state index is 0.0815. The highest BCUT2D eigenvalue weighted by molar-refractivity contribution is 9.09. The Morgan fingerprint density at radius 1 is 0.711 bits per heavy atom. The van der Waals surface area contributed by atoms with Crippen LogP contribution < -0.4 is 19.8 Å². The Morgan fingerprint density at radius 3 is 1.58 bits per heavy atom. The highest BCUT2D eigenvalue weighted by atomic mass is 79.9. The first kappa shape index (κ1) is 28.7. The molecule has 38 heavy (non-hydrogen) atoms. The van der Waals surface area contributed by atoms with E-state index in [0.29, 0.717) is 5.92 Å². The Labute approximate surface area is 247 Å². The quantitative estimate of drug-likeness (QED) is 0.129. The average molecular weight is 687 g/mol. The summed E-state index contributed by atoms with van der Waals surface area (Å²) in [7, 11) is 0. The Kier molecular flexibility index (Phi) is 9.98. The number of hydrogen-bond acceptors (Lipinski definition) is 2. The molecule has 3 atom stereocenters. The molecule has 198 valence electrons. The number of halogens is 6. The molecule has 4 aromatic rings. The lowest BCUT2D eigenvalue weighted by Gasteiger charge is -2.18. The molecule has 3 unspecified atom stereocenters. The zero-order chi connectivity index (χ0) is 27.2. The van der Waals surface area contributed by atoms with Gasteiger partial charge in [-0.05, 0) is 74.7 Å². The average Bonchev–Trinajstić information content (AvgIpc) is 2.92. The highest BCUT2D eigenvalue weighted by Crippen LogP contribution is 2.32. The van der Waals surface area contributed by atoms with Crippen LogP contribution in [0.4, 0.5) is 31.5 Å². The van der Waals surface area contributed by atoms with E-state index in [2.05, 4.69) is 58.6 Å². The van der Waals surface area contributed by atoms with E-state index in [4.69, 9.17) is 23.2 Å². The summed E-state index contributed by atoms with van der Waals surface area (Å²) in [5.41, 5.74) is 3.19. The van der Waals surface area contributed by atoms with Crippen LogP contribution in [0.15, 0.2) is 85.5 Å². The Hall–Kier alpha value is -2.26. The minimum atomic E-state index is -0.443. The second kappa shape index (κ2) is 13.2. The fourth-order valence-corrected chi connectivity index (χ4v) is 5.94. The Morgan fingerprint density at radius 2 is 1.16 bits per heavy atom. The molecule has 0 amide bonds. The number of alkyl halides is 2. The zero-order valence-electron chi connectivity index (χ0n) is 20.4. The summed E-state index contributed by atoms with van der Waals surface area (Å²) < 4.78 is 31.1. The van der Waals surface area contributed by atoms with Crippen LogP contribution in [0.5, 0.6) is 0 Å². The normalized spacial score (nSPS) is 13.6. The molecule has 0 aliphatic heterocycles. The summed E-state index contributed by atoms with van der Waals surface area (Å²) in [4.78, 5) is 0.179. The van der Waals surface area contributed by atoms with Gasteiger partial charge in [0.15, 0.2) is 24.8 Å². The maximum atomic E-state index is 13.4. The molecule has 2 heterocycles. The summed E-state index contributed by atoms with van der Waals surface area (Å²) in [6.45, 7) is 2.18. The number of nitrogens with one attached hydrogen (secondary N) is 2. The molecule has 4 nitrogen and oxygen atoms in total. The van der Waals surface area contributed by atoms with Crippen molar-refractivity contribution >= 4 is 77.8 Å². The fourth-order valence-electron chi connectivity index (χ4n) is 3.96. The third-order valence-electron chi connectivity index (χ3n) is 6.14. The maximum Gasteiger partial charge on any atom is 0.215 e. The number of anilines is 4. The van der Waals surface area contributed by atoms with Gasteiger partial charge in [-0.2, -0.15) is 9.13 Å². The smallest absolute Gasteiger partial charge is 0.215 e. The van der Waals surface area contributed by atoms with Gasteiger partial charge in [0.05, 0.1) is 21.4 Å². The van der Waals surface area contributed by atoms with Crippen molar-refractivity contribution in [3.63, 3.8) is 0 Å². The van der Waals surface area contributed by atoms with Crippen LogP contribution in [0, 0.1) is 17.6 Å². The van der Waals surface area contributed by atoms with Gasteiger partial charge >= 0.3 is 0 Å². The molecule has 10 heteroatoms. The Bertz CT molecular complexity index is 1370. The van der Waals surface area contributed by atoms with Crippen molar-refractivity contribution in [3.8, 4) is 0 Å². The molecule has 2 N–H and O–H groups in total. The van der Waals surface area contributed by atoms with Crippen molar-refractivity contribution < 1.29 is 17.9 Å². The van der Waals surface area contributed by atoms with Crippen molar-refractivity contribution in [2.24, 2.45) is 5.92 Å². The van der Waals surface area contributed by atoms with Crippen molar-refractivity contribution in [1.82, 2.24) is 0 Å². The lowest BCUT2D eigenvalue weighted by Crippen LogP contribution is -2.42. The van der Waals surface area contributed by atoms with Crippen molar-refractivity contribution in [1.29, 1.82) is 0 Å². The van der Waals surface area contributed by atoms with Crippen molar-refractivity contribution in [2.45, 2.75) is 29.7 Å². The second-order valence-corrected chi connectivity index (χ2v) is 11.6. The largest absolute Gasteiger partial charge is 0.355 e. The monoisotopic (exact) mass is 684 g/mol. The third kappa shape index (κ3) is 7.44. The van der Waals surface area contributed by atoms with Gasteiger partial charge in [0.1, 0.15) is 11.6 Å². The lowest BCUT2D eigenvalue weighted by atomic mass is 10.0. The van der Waals surface area contributed by atoms with E-state index < -0.39 is 11.6 Å². The summed E-state index contributed by atoms with van der Waals surface area (Å²) in [6, 6.07) is 17.0. The first-order chi connectivity index (χ1) is 18.2. The predicted octanol–water partition coefficient (Wildman–Crippen LogP) is 9.24. The lowest BCUT2D eigenvalue weighted by molar-refractivity contribution is -0.714. The molecule has 2 aromatic carbocycles. The van der Waals surface area contributed by atoms with Crippen LogP contribution in [0.2, 0.25) is 10.0 Å². The predicted molar refractivity (Wildman–Crippen MR) is 157 cm³/mol. The van der Waals surface area contributed by atoms with E-state index in [0.717, 1.165) is 35.6 Å². The van der Waals surface area contributed by atoms with E-state index in [9.17, 15) is 8.78 Å².